The molecule has 7 nitrogen and oxygen atoms in total. The van der Waals surface area contributed by atoms with Crippen LogP contribution in [0.5, 0.6) is 0 Å². The molecule has 3 aromatic rings. The predicted octanol–water partition coefficient (Wildman–Crippen LogP) is 4.44. The zero-order valence-electron chi connectivity index (χ0n) is 19.9. The van der Waals surface area contributed by atoms with Gasteiger partial charge in [-0.1, -0.05) is 0 Å². The maximum atomic E-state index is 13.2. The van der Waals surface area contributed by atoms with E-state index in [1.165, 1.54) is 11.1 Å². The minimum absolute atomic E-state index is 0.0240. The first-order chi connectivity index (χ1) is 15.6. The molecule has 0 bridgehead atoms. The van der Waals surface area contributed by atoms with Gasteiger partial charge < -0.3 is 9.45 Å². The van der Waals surface area contributed by atoms with E-state index in [9.17, 15) is 4.55 Å². The van der Waals surface area contributed by atoms with Crippen LogP contribution in [0, 0.1) is 19.3 Å². The van der Waals surface area contributed by atoms with Gasteiger partial charge in [0.25, 0.3) is 0 Å². The molecule has 0 amide bonds. The smallest absolute Gasteiger partial charge is 0.155 e. The molecule has 1 fully saturated rings. The van der Waals surface area contributed by atoms with Gasteiger partial charge in [0, 0.05) is 41.8 Å². The van der Waals surface area contributed by atoms with Gasteiger partial charge in [0.1, 0.15) is 14.9 Å². The first kappa shape index (κ1) is 23.1. The quantitative estimate of drug-likeness (QED) is 0.504. The Kier molecular flexibility index (Phi) is 5.75. The van der Waals surface area contributed by atoms with E-state index in [4.69, 9.17) is 4.98 Å². The number of nitrogens with zero attached hydrogens (tertiary/aromatic N) is 5. The molecule has 2 atom stereocenters. The highest BCUT2D eigenvalue weighted by Crippen LogP contribution is 2.53. The molecule has 0 aromatic carbocycles. The number of nitrogens with one attached hydrogen (secondary N) is 1. The summed E-state index contributed by atoms with van der Waals surface area (Å²) in [4.78, 5) is 11.8. The number of aromatic nitrogens is 4. The number of aryl methyl sites for hydroxylation is 2. The molecule has 9 heteroatoms. The number of fused-ring (bicyclic) bond motifs is 2. The maximum absolute atomic E-state index is 13.2. The van der Waals surface area contributed by atoms with Gasteiger partial charge >= 0.3 is 0 Å². The summed E-state index contributed by atoms with van der Waals surface area (Å²) in [7, 11) is 0. The number of piperidine rings is 1. The second-order valence-corrected chi connectivity index (χ2v) is 13.2. The van der Waals surface area contributed by atoms with Gasteiger partial charge in [0.05, 0.1) is 17.9 Å². The summed E-state index contributed by atoms with van der Waals surface area (Å²) in [6, 6.07) is 4.27. The molecule has 1 aliphatic heterocycles. The van der Waals surface area contributed by atoms with Crippen molar-refractivity contribution in [1.82, 2.24) is 24.3 Å². The molecule has 1 aliphatic carbocycles. The highest BCUT2D eigenvalue weighted by molar-refractivity contribution is 9.10. The largest absolute Gasteiger partial charge is 0.598 e. The van der Waals surface area contributed by atoms with Crippen molar-refractivity contribution < 1.29 is 4.55 Å². The molecular formula is C24H31BrN6OS. The second kappa shape index (κ2) is 8.22. The number of rotatable bonds is 3. The van der Waals surface area contributed by atoms with Crippen molar-refractivity contribution in [3.63, 3.8) is 0 Å². The standard InChI is InChI=1S/C24H31BrN6OS/c1-15-12-18-17(14-26-15)13-24(20(18)29-33(32)23(3,4)5)7-10-30(11-8-24)22-19-6-9-27-31(19)21(25)16(2)28-22/h6,9,12,14,20,29H,7-8,10-11,13H2,1-5H3/t20-,33-/m1/s1. The van der Waals surface area contributed by atoms with E-state index in [1.807, 2.05) is 57.6 Å². The normalized spacial score (nSPS) is 21.1. The number of pyridine rings is 1. The molecule has 1 N–H and O–H groups in total. The van der Waals surface area contributed by atoms with Crippen LogP contribution < -0.4 is 9.62 Å². The Morgan fingerprint density at radius 1 is 1.24 bits per heavy atom. The van der Waals surface area contributed by atoms with E-state index in [1.54, 1.807) is 0 Å². The molecule has 0 saturated carbocycles. The van der Waals surface area contributed by atoms with Gasteiger partial charge in [-0.3, -0.25) is 4.98 Å². The molecule has 176 valence electrons. The molecule has 4 heterocycles. The van der Waals surface area contributed by atoms with Gasteiger partial charge in [0.2, 0.25) is 0 Å². The van der Waals surface area contributed by atoms with E-state index in [2.05, 4.69) is 41.7 Å². The Morgan fingerprint density at radius 2 is 1.97 bits per heavy atom. The fourth-order valence-corrected chi connectivity index (χ4v) is 6.53. The summed E-state index contributed by atoms with van der Waals surface area (Å²) in [6.45, 7) is 11.9. The number of hydrogen-bond donors (Lipinski definition) is 1. The third-order valence-corrected chi connectivity index (χ3v) is 9.57. The lowest BCUT2D eigenvalue weighted by molar-refractivity contribution is 0.176. The van der Waals surface area contributed by atoms with Crippen LogP contribution in [-0.4, -0.2) is 42.0 Å². The van der Waals surface area contributed by atoms with Crippen LogP contribution in [-0.2, 0) is 17.8 Å². The molecule has 1 spiro atoms. The molecule has 0 radical (unpaired) electrons. The third kappa shape index (κ3) is 3.96. The van der Waals surface area contributed by atoms with E-state index >= 15 is 0 Å². The number of halogens is 1. The van der Waals surface area contributed by atoms with Crippen molar-refractivity contribution >= 4 is 38.6 Å². The fourth-order valence-electron chi connectivity index (χ4n) is 5.22. The predicted molar refractivity (Wildman–Crippen MR) is 136 cm³/mol. The Labute approximate surface area is 206 Å². The van der Waals surface area contributed by atoms with Gasteiger partial charge in [-0.05, 0) is 93.1 Å². The average Bonchev–Trinajstić information content (AvgIpc) is 3.35. The Bertz CT molecular complexity index is 1200. The van der Waals surface area contributed by atoms with Gasteiger partial charge in [-0.2, -0.15) is 5.10 Å². The summed E-state index contributed by atoms with van der Waals surface area (Å²) in [5.41, 5.74) is 5.53. The summed E-state index contributed by atoms with van der Waals surface area (Å²) in [5.74, 6) is 0.985. The summed E-state index contributed by atoms with van der Waals surface area (Å²) in [6.07, 6.45) is 6.81. The van der Waals surface area contributed by atoms with Crippen LogP contribution >= 0.6 is 15.9 Å². The first-order valence-corrected chi connectivity index (χ1v) is 13.4. The van der Waals surface area contributed by atoms with Crippen molar-refractivity contribution in [2.45, 2.75) is 64.7 Å². The van der Waals surface area contributed by atoms with Crippen LogP contribution in [0.3, 0.4) is 0 Å². The zero-order chi connectivity index (χ0) is 23.5. The van der Waals surface area contributed by atoms with E-state index in [0.717, 1.165) is 59.7 Å². The number of anilines is 1. The molecular weight excluding hydrogens is 500 g/mol. The van der Waals surface area contributed by atoms with Crippen molar-refractivity contribution in [3.8, 4) is 0 Å². The average molecular weight is 532 g/mol. The Balaban J connectivity index is 1.45. The highest BCUT2D eigenvalue weighted by Gasteiger charge is 2.51. The molecule has 2 aliphatic rings. The van der Waals surface area contributed by atoms with Crippen molar-refractivity contribution in [3.05, 3.63) is 51.6 Å². The minimum atomic E-state index is -1.15. The fraction of sp³-hybridized carbons (Fsp3) is 0.542. The van der Waals surface area contributed by atoms with Crippen molar-refractivity contribution in [2.24, 2.45) is 5.41 Å². The molecule has 33 heavy (non-hydrogen) atoms. The molecule has 5 rings (SSSR count). The van der Waals surface area contributed by atoms with E-state index in [-0.39, 0.29) is 16.2 Å². The number of hydrogen-bond acceptors (Lipinski definition) is 6. The highest BCUT2D eigenvalue weighted by atomic mass is 79.9. The Hall–Kier alpha value is -1.68. The van der Waals surface area contributed by atoms with Crippen LogP contribution in [0.2, 0.25) is 0 Å². The van der Waals surface area contributed by atoms with Gasteiger partial charge in [-0.25, -0.2) is 9.50 Å². The minimum Gasteiger partial charge on any atom is -0.598 e. The third-order valence-electron chi connectivity index (χ3n) is 7.09. The van der Waals surface area contributed by atoms with E-state index in [0.29, 0.717) is 0 Å². The summed E-state index contributed by atoms with van der Waals surface area (Å²) in [5, 5.41) is 4.46. The Morgan fingerprint density at radius 3 is 2.67 bits per heavy atom. The molecule has 1 saturated heterocycles. The summed E-state index contributed by atoms with van der Waals surface area (Å²) < 4.78 is 19.2. The van der Waals surface area contributed by atoms with Crippen LogP contribution in [0.15, 0.2) is 29.1 Å². The first-order valence-electron chi connectivity index (χ1n) is 11.5. The van der Waals surface area contributed by atoms with Crippen LogP contribution in [0.4, 0.5) is 5.82 Å². The zero-order valence-corrected chi connectivity index (χ0v) is 22.3. The van der Waals surface area contributed by atoms with Crippen molar-refractivity contribution in [1.29, 1.82) is 0 Å². The topological polar surface area (TPSA) is 81.4 Å². The van der Waals surface area contributed by atoms with Crippen molar-refractivity contribution in [2.75, 3.05) is 18.0 Å². The van der Waals surface area contributed by atoms with E-state index < -0.39 is 11.4 Å². The summed E-state index contributed by atoms with van der Waals surface area (Å²) >= 11 is 2.47. The lowest BCUT2D eigenvalue weighted by Gasteiger charge is -2.44. The monoisotopic (exact) mass is 530 g/mol. The molecule has 3 aromatic heterocycles. The lowest BCUT2D eigenvalue weighted by Crippen LogP contribution is -2.50. The lowest BCUT2D eigenvalue weighted by atomic mass is 9.73. The second-order valence-electron chi connectivity index (χ2n) is 10.4. The van der Waals surface area contributed by atoms with Gasteiger partial charge in [-0.15, -0.1) is 4.72 Å². The maximum Gasteiger partial charge on any atom is 0.155 e. The molecule has 0 unspecified atom stereocenters. The SMILES string of the molecule is Cc1cc2c(cn1)CC1(CCN(c3nc(C)c(Br)n4nccc34)CC1)[C@@H]2N[S@+]([O-])C(C)(C)C. The van der Waals surface area contributed by atoms with Crippen LogP contribution in [0.25, 0.3) is 5.52 Å². The van der Waals surface area contributed by atoms with Crippen LogP contribution in [0.1, 0.15) is 62.2 Å². The van der Waals surface area contributed by atoms with Gasteiger partial charge in [0.15, 0.2) is 5.82 Å².